The molecule has 39 heavy (non-hydrogen) atoms. The predicted octanol–water partition coefficient (Wildman–Crippen LogP) is 2.34. The number of urea groups is 1. The first-order valence-corrected chi connectivity index (χ1v) is 12.7. The van der Waals surface area contributed by atoms with Crippen LogP contribution in [0, 0.1) is 0 Å². The van der Waals surface area contributed by atoms with Gasteiger partial charge in [0.15, 0.2) is 5.82 Å². The normalized spacial score (nSPS) is 23.6. The molecule has 2 N–H and O–H groups in total. The van der Waals surface area contributed by atoms with Gasteiger partial charge in [0.1, 0.15) is 24.3 Å². The van der Waals surface area contributed by atoms with E-state index in [1.807, 2.05) is 18.9 Å². The van der Waals surface area contributed by atoms with Crippen molar-refractivity contribution in [2.45, 2.75) is 44.3 Å². The Morgan fingerprint density at radius 2 is 1.90 bits per heavy atom. The molecule has 0 aromatic carbocycles. The number of hydrogen-bond donors (Lipinski definition) is 2. The highest BCUT2D eigenvalue weighted by Gasteiger charge is 2.36. The van der Waals surface area contributed by atoms with Crippen LogP contribution in [-0.4, -0.2) is 113 Å². The number of piperidine rings is 2. The van der Waals surface area contributed by atoms with E-state index in [4.69, 9.17) is 9.47 Å². The zero-order valence-corrected chi connectivity index (χ0v) is 22.1. The van der Waals surface area contributed by atoms with Crippen molar-refractivity contribution in [1.82, 2.24) is 29.7 Å². The number of likely N-dealkylation sites (N-methyl/N-ethyl adjacent to an activating group) is 1. The first-order valence-electron chi connectivity index (χ1n) is 12.7. The molecule has 212 valence electrons. The summed E-state index contributed by atoms with van der Waals surface area (Å²) in [5.41, 5.74) is 0. The molecule has 2 aliphatic heterocycles. The van der Waals surface area contributed by atoms with E-state index in [0.717, 1.165) is 0 Å². The van der Waals surface area contributed by atoms with Gasteiger partial charge in [-0.3, -0.25) is 10.6 Å². The van der Waals surface area contributed by atoms with Crippen LogP contribution in [0.5, 0.6) is 5.88 Å². The van der Waals surface area contributed by atoms with Crippen LogP contribution in [0.2, 0.25) is 0 Å². The Hall–Kier alpha value is -3.88. The second kappa shape index (κ2) is 12.8. The lowest BCUT2D eigenvalue weighted by Crippen LogP contribution is -2.55. The van der Waals surface area contributed by atoms with Gasteiger partial charge < -0.3 is 24.2 Å². The van der Waals surface area contributed by atoms with Crippen LogP contribution in [0.15, 0.2) is 24.7 Å². The van der Waals surface area contributed by atoms with E-state index < -0.39 is 36.6 Å². The molecular weight excluding hydrogens is 516 g/mol. The molecule has 0 spiro atoms. The minimum Gasteiger partial charge on any atom is -0.477 e. The molecule has 4 heterocycles. The number of rotatable bonds is 7. The van der Waals surface area contributed by atoms with Crippen molar-refractivity contribution >= 4 is 29.7 Å². The molecule has 4 atom stereocenters. The van der Waals surface area contributed by atoms with Crippen molar-refractivity contribution in [3.05, 3.63) is 24.7 Å². The summed E-state index contributed by atoms with van der Waals surface area (Å²) >= 11 is 0. The summed E-state index contributed by atoms with van der Waals surface area (Å²) < 4.78 is 39.6. The smallest absolute Gasteiger partial charge is 0.413 e. The van der Waals surface area contributed by atoms with Crippen molar-refractivity contribution in [3.8, 4) is 5.88 Å². The number of alkyl halides is 2. The van der Waals surface area contributed by atoms with E-state index in [9.17, 15) is 18.4 Å². The summed E-state index contributed by atoms with van der Waals surface area (Å²) in [7, 11) is 3.30. The summed E-state index contributed by atoms with van der Waals surface area (Å²) in [6, 6.07) is 0.121. The Kier molecular flexibility index (Phi) is 9.22. The molecule has 3 amide bonds. The lowest BCUT2D eigenvalue weighted by Gasteiger charge is -2.39. The maximum absolute atomic E-state index is 14.9. The Morgan fingerprint density at radius 1 is 1.08 bits per heavy atom. The average molecular weight is 550 g/mol. The molecule has 13 nitrogen and oxygen atoms in total. The van der Waals surface area contributed by atoms with Gasteiger partial charge in [-0.2, -0.15) is 4.98 Å². The van der Waals surface area contributed by atoms with Crippen LogP contribution in [0.25, 0.3) is 0 Å². The van der Waals surface area contributed by atoms with Crippen LogP contribution in [0.4, 0.5) is 36.0 Å². The SMILES string of the molecule is CCOc1cnc(NC(=O)N(C)[C@H]2CN(c3nccc(NC(=O)O[C@@H]4CCN(C)C[C@@H]4F)n3)CC[C@H]2F)cn1. The van der Waals surface area contributed by atoms with Gasteiger partial charge >= 0.3 is 12.1 Å². The van der Waals surface area contributed by atoms with Gasteiger partial charge in [0, 0.05) is 45.8 Å². The molecule has 0 aliphatic carbocycles. The molecule has 0 bridgehead atoms. The quantitative estimate of drug-likeness (QED) is 0.529. The molecule has 4 rings (SSSR count). The number of likely N-dealkylation sites (tertiary alicyclic amines) is 1. The van der Waals surface area contributed by atoms with Crippen LogP contribution < -0.4 is 20.3 Å². The molecule has 0 unspecified atom stereocenters. The number of anilines is 3. The molecule has 0 radical (unpaired) electrons. The van der Waals surface area contributed by atoms with Gasteiger partial charge in [-0.05, 0) is 26.5 Å². The molecule has 0 saturated carbocycles. The summed E-state index contributed by atoms with van der Waals surface area (Å²) in [5.74, 6) is 0.937. The van der Waals surface area contributed by atoms with Crippen molar-refractivity contribution < 1.29 is 27.8 Å². The fourth-order valence-electron chi connectivity index (χ4n) is 4.41. The summed E-state index contributed by atoms with van der Waals surface area (Å²) in [6.45, 7) is 3.50. The minimum absolute atomic E-state index is 0.118. The van der Waals surface area contributed by atoms with Crippen molar-refractivity contribution in [1.29, 1.82) is 0 Å². The molecule has 2 aliphatic rings. The maximum Gasteiger partial charge on any atom is 0.413 e. The zero-order chi connectivity index (χ0) is 27.9. The Balaban J connectivity index is 1.35. The van der Waals surface area contributed by atoms with Gasteiger partial charge in [-0.25, -0.2) is 33.3 Å². The molecule has 2 aromatic heterocycles. The second-order valence-electron chi connectivity index (χ2n) is 9.41. The number of hydrogen-bond acceptors (Lipinski definition) is 10. The number of nitrogens with one attached hydrogen (secondary N) is 2. The van der Waals surface area contributed by atoms with Gasteiger partial charge in [-0.15, -0.1) is 0 Å². The third-order valence-electron chi connectivity index (χ3n) is 6.57. The molecule has 2 fully saturated rings. The van der Waals surface area contributed by atoms with Gasteiger partial charge in [-0.1, -0.05) is 0 Å². The Bertz CT molecular complexity index is 1130. The van der Waals surface area contributed by atoms with E-state index >= 15 is 0 Å². The number of carbonyl (C=O) groups excluding carboxylic acids is 2. The van der Waals surface area contributed by atoms with Crippen molar-refractivity contribution in [2.75, 3.05) is 62.4 Å². The zero-order valence-electron chi connectivity index (χ0n) is 22.1. The highest BCUT2D eigenvalue weighted by atomic mass is 19.1. The fourth-order valence-corrected chi connectivity index (χ4v) is 4.41. The molecule has 2 saturated heterocycles. The number of nitrogens with zero attached hydrogens (tertiary/aromatic N) is 7. The van der Waals surface area contributed by atoms with Crippen molar-refractivity contribution in [3.63, 3.8) is 0 Å². The summed E-state index contributed by atoms with van der Waals surface area (Å²) in [4.78, 5) is 46.7. The minimum atomic E-state index is -1.28. The van der Waals surface area contributed by atoms with Crippen LogP contribution in [0.3, 0.4) is 0 Å². The standard InChI is InChI=1S/C24H33F2N9O4/c1-4-38-21-12-28-20(11-29-21)31-23(36)34(3)17-14-35(10-6-15(17)25)22-27-8-5-19(30-22)32-24(37)39-18-7-9-33(2)13-16(18)26/h5,8,11-12,15-18H,4,6-7,9-10,13-14H2,1-3H3,(H,28,31,36)(H,27,30,32,37)/t15-,16+,17+,18-/m1/s1. The highest BCUT2D eigenvalue weighted by molar-refractivity contribution is 5.88. The number of ether oxygens (including phenoxy) is 2. The van der Waals surface area contributed by atoms with Crippen LogP contribution in [-0.2, 0) is 4.74 Å². The van der Waals surface area contributed by atoms with Crippen molar-refractivity contribution in [2.24, 2.45) is 0 Å². The third-order valence-corrected chi connectivity index (χ3v) is 6.57. The average Bonchev–Trinajstić information content (AvgIpc) is 2.91. The van der Waals surface area contributed by atoms with E-state index in [1.54, 1.807) is 4.90 Å². The molecular formula is C24H33F2N9O4. The number of aromatic nitrogens is 4. The third kappa shape index (κ3) is 7.37. The highest BCUT2D eigenvalue weighted by Crippen LogP contribution is 2.24. The lowest BCUT2D eigenvalue weighted by molar-refractivity contribution is 0.00405. The monoisotopic (exact) mass is 549 g/mol. The van der Waals surface area contributed by atoms with Crippen LogP contribution >= 0.6 is 0 Å². The summed E-state index contributed by atoms with van der Waals surface area (Å²) in [6.07, 6.45) is 0.532. The number of amides is 3. The maximum atomic E-state index is 14.9. The lowest BCUT2D eigenvalue weighted by atomic mass is 10.0. The van der Waals surface area contributed by atoms with Gasteiger partial charge in [0.05, 0.1) is 25.0 Å². The van der Waals surface area contributed by atoms with Gasteiger partial charge in [0.25, 0.3) is 0 Å². The second-order valence-corrected chi connectivity index (χ2v) is 9.41. The van der Waals surface area contributed by atoms with Crippen LogP contribution in [0.1, 0.15) is 19.8 Å². The fraction of sp³-hybridized carbons (Fsp3) is 0.583. The van der Waals surface area contributed by atoms with Gasteiger partial charge in [0.2, 0.25) is 11.8 Å². The largest absolute Gasteiger partial charge is 0.477 e. The van der Waals surface area contributed by atoms with E-state index in [-0.39, 0.29) is 37.1 Å². The van der Waals surface area contributed by atoms with E-state index in [0.29, 0.717) is 32.0 Å². The first-order chi connectivity index (χ1) is 18.7. The number of carbonyl (C=O) groups is 2. The summed E-state index contributed by atoms with van der Waals surface area (Å²) in [5, 5.41) is 5.11. The predicted molar refractivity (Wildman–Crippen MR) is 138 cm³/mol. The molecule has 15 heteroatoms. The number of halogens is 2. The first kappa shape index (κ1) is 28.1. The Labute approximate surface area is 224 Å². The Morgan fingerprint density at radius 3 is 2.62 bits per heavy atom. The topological polar surface area (TPSA) is 138 Å². The van der Waals surface area contributed by atoms with E-state index in [1.165, 1.54) is 36.6 Å². The van der Waals surface area contributed by atoms with E-state index in [2.05, 4.69) is 30.6 Å². The molecule has 2 aromatic rings.